The number of benzene rings is 1. The molecule has 15 heavy (non-hydrogen) atoms. The van der Waals surface area contributed by atoms with Crippen molar-refractivity contribution in [3.8, 4) is 0 Å². The minimum Gasteiger partial charge on any atom is -0.397 e. The summed E-state index contributed by atoms with van der Waals surface area (Å²) in [6.07, 6.45) is 4.03. The monoisotopic (exact) mass is 202 g/mol. The van der Waals surface area contributed by atoms with Crippen LogP contribution in [0.2, 0.25) is 0 Å². The van der Waals surface area contributed by atoms with Crippen molar-refractivity contribution in [3.63, 3.8) is 0 Å². The number of nitrogen functional groups attached to an aromatic ring is 2. The first kappa shape index (κ1) is 9.08. The van der Waals surface area contributed by atoms with E-state index in [1.807, 2.05) is 0 Å². The van der Waals surface area contributed by atoms with E-state index in [2.05, 4.69) is 13.8 Å². The van der Waals surface area contributed by atoms with E-state index in [1.165, 1.54) is 41.5 Å². The molecule has 2 atom stereocenters. The fourth-order valence-corrected chi connectivity index (χ4v) is 3.66. The van der Waals surface area contributed by atoms with Gasteiger partial charge in [0.1, 0.15) is 0 Å². The molecule has 0 spiro atoms. The zero-order chi connectivity index (χ0) is 10.7. The SMILES string of the molecule is Cc1c(N)c(N)c(C)c2c1C1CCC2C1. The summed E-state index contributed by atoms with van der Waals surface area (Å²) in [4.78, 5) is 0. The van der Waals surface area contributed by atoms with Gasteiger partial charge in [0.2, 0.25) is 0 Å². The van der Waals surface area contributed by atoms with Crippen molar-refractivity contribution in [2.45, 2.75) is 44.9 Å². The molecule has 2 heteroatoms. The van der Waals surface area contributed by atoms with Crippen LogP contribution in [0.5, 0.6) is 0 Å². The molecule has 4 N–H and O–H groups in total. The maximum atomic E-state index is 6.06. The van der Waals surface area contributed by atoms with E-state index in [-0.39, 0.29) is 0 Å². The molecule has 1 aromatic rings. The van der Waals surface area contributed by atoms with Crippen LogP contribution in [-0.4, -0.2) is 0 Å². The van der Waals surface area contributed by atoms with Crippen molar-refractivity contribution in [1.29, 1.82) is 0 Å². The molecule has 2 unspecified atom stereocenters. The Bertz CT molecular complexity index is 408. The van der Waals surface area contributed by atoms with E-state index < -0.39 is 0 Å². The van der Waals surface area contributed by atoms with Gasteiger partial charge in [-0.1, -0.05) is 0 Å². The molecule has 2 nitrogen and oxygen atoms in total. The molecule has 0 aromatic heterocycles. The molecule has 0 aliphatic heterocycles. The summed E-state index contributed by atoms with van der Waals surface area (Å²) in [6, 6.07) is 0. The van der Waals surface area contributed by atoms with Crippen molar-refractivity contribution in [1.82, 2.24) is 0 Å². The lowest BCUT2D eigenvalue weighted by atomic mass is 9.84. The smallest absolute Gasteiger partial charge is 0.0583 e. The molecule has 0 amide bonds. The third-order valence-electron chi connectivity index (χ3n) is 4.45. The third-order valence-corrected chi connectivity index (χ3v) is 4.45. The molecule has 0 heterocycles. The quantitative estimate of drug-likeness (QED) is 0.635. The van der Waals surface area contributed by atoms with E-state index in [4.69, 9.17) is 11.5 Å². The van der Waals surface area contributed by atoms with E-state index in [0.717, 1.165) is 23.2 Å². The normalized spacial score (nSPS) is 27.1. The molecule has 1 fully saturated rings. The third kappa shape index (κ3) is 0.947. The van der Waals surface area contributed by atoms with Gasteiger partial charge in [0.15, 0.2) is 0 Å². The largest absolute Gasteiger partial charge is 0.397 e. The van der Waals surface area contributed by atoms with Crippen LogP contribution in [0, 0.1) is 13.8 Å². The summed E-state index contributed by atoms with van der Waals surface area (Å²) in [5.41, 5.74) is 19.3. The highest BCUT2D eigenvalue weighted by Gasteiger charge is 2.40. The summed E-state index contributed by atoms with van der Waals surface area (Å²) < 4.78 is 0. The van der Waals surface area contributed by atoms with Gasteiger partial charge in [0.05, 0.1) is 11.4 Å². The molecule has 2 aliphatic carbocycles. The number of hydrogen-bond acceptors (Lipinski definition) is 2. The Morgan fingerprint density at radius 2 is 1.27 bits per heavy atom. The molecule has 80 valence electrons. The van der Waals surface area contributed by atoms with Gasteiger partial charge >= 0.3 is 0 Å². The number of rotatable bonds is 0. The first-order valence-corrected chi connectivity index (χ1v) is 5.79. The molecule has 1 saturated carbocycles. The van der Waals surface area contributed by atoms with Crippen molar-refractivity contribution >= 4 is 11.4 Å². The standard InChI is InChI=1S/C13H18N2/c1-6-10-8-3-4-9(5-8)11(10)7(2)13(15)12(6)14/h8-9H,3-5,14-15H2,1-2H3. The topological polar surface area (TPSA) is 52.0 Å². The second kappa shape index (κ2) is 2.69. The van der Waals surface area contributed by atoms with E-state index in [1.54, 1.807) is 0 Å². The minimum absolute atomic E-state index is 0.770. The maximum Gasteiger partial charge on any atom is 0.0583 e. The molecule has 0 saturated heterocycles. The molecule has 0 radical (unpaired) electrons. The van der Waals surface area contributed by atoms with E-state index >= 15 is 0 Å². The predicted molar refractivity (Wildman–Crippen MR) is 64.1 cm³/mol. The van der Waals surface area contributed by atoms with Crippen LogP contribution in [0.25, 0.3) is 0 Å². The maximum absolute atomic E-state index is 6.06. The van der Waals surface area contributed by atoms with Crippen LogP contribution in [0.1, 0.15) is 53.4 Å². The Kier molecular flexibility index (Phi) is 1.63. The Labute approximate surface area is 90.7 Å². The summed E-state index contributed by atoms with van der Waals surface area (Å²) in [5.74, 6) is 1.54. The molecule has 1 aromatic carbocycles. The Morgan fingerprint density at radius 3 is 1.67 bits per heavy atom. The summed E-state index contributed by atoms with van der Waals surface area (Å²) in [5, 5.41) is 0. The summed E-state index contributed by atoms with van der Waals surface area (Å²) in [7, 11) is 0. The fourth-order valence-electron chi connectivity index (χ4n) is 3.66. The predicted octanol–water partition coefficient (Wildman–Crippen LogP) is 2.83. The lowest BCUT2D eigenvalue weighted by Gasteiger charge is -2.23. The second-order valence-electron chi connectivity index (χ2n) is 5.11. The van der Waals surface area contributed by atoms with Gasteiger partial charge < -0.3 is 11.5 Å². The van der Waals surface area contributed by atoms with E-state index in [0.29, 0.717) is 0 Å². The van der Waals surface area contributed by atoms with Gasteiger partial charge in [-0.25, -0.2) is 0 Å². The van der Waals surface area contributed by atoms with Gasteiger partial charge in [-0.05, 0) is 67.2 Å². The minimum atomic E-state index is 0.770. The average Bonchev–Trinajstić information content (AvgIpc) is 2.82. The first-order chi connectivity index (χ1) is 7.11. The van der Waals surface area contributed by atoms with Crippen LogP contribution in [0.15, 0.2) is 0 Å². The highest BCUT2D eigenvalue weighted by atomic mass is 14.7. The summed E-state index contributed by atoms with van der Waals surface area (Å²) in [6.45, 7) is 4.26. The molecule has 2 bridgehead atoms. The number of hydrogen-bond donors (Lipinski definition) is 2. The van der Waals surface area contributed by atoms with Crippen LogP contribution in [0.3, 0.4) is 0 Å². The van der Waals surface area contributed by atoms with Crippen molar-refractivity contribution in [3.05, 3.63) is 22.3 Å². The Morgan fingerprint density at radius 1 is 0.867 bits per heavy atom. The van der Waals surface area contributed by atoms with Crippen molar-refractivity contribution in [2.24, 2.45) is 0 Å². The molecule has 3 rings (SSSR count). The van der Waals surface area contributed by atoms with Gasteiger partial charge in [0.25, 0.3) is 0 Å². The van der Waals surface area contributed by atoms with Crippen LogP contribution >= 0.6 is 0 Å². The second-order valence-corrected chi connectivity index (χ2v) is 5.11. The van der Waals surface area contributed by atoms with Gasteiger partial charge in [-0.3, -0.25) is 0 Å². The van der Waals surface area contributed by atoms with Crippen LogP contribution < -0.4 is 11.5 Å². The fraction of sp³-hybridized carbons (Fsp3) is 0.538. The van der Waals surface area contributed by atoms with E-state index in [9.17, 15) is 0 Å². The molecular weight excluding hydrogens is 184 g/mol. The Balaban J connectivity index is 2.36. The lowest BCUT2D eigenvalue weighted by molar-refractivity contribution is 0.711. The molecular formula is C13H18N2. The van der Waals surface area contributed by atoms with Gasteiger partial charge in [-0.2, -0.15) is 0 Å². The van der Waals surface area contributed by atoms with Gasteiger partial charge in [0, 0.05) is 0 Å². The van der Waals surface area contributed by atoms with Gasteiger partial charge in [-0.15, -0.1) is 0 Å². The number of anilines is 2. The number of nitrogens with two attached hydrogens (primary N) is 2. The lowest BCUT2D eigenvalue weighted by Crippen LogP contribution is -2.09. The van der Waals surface area contributed by atoms with Crippen molar-refractivity contribution < 1.29 is 0 Å². The zero-order valence-electron chi connectivity index (χ0n) is 9.43. The number of fused-ring (bicyclic) bond motifs is 5. The van der Waals surface area contributed by atoms with Crippen LogP contribution in [0.4, 0.5) is 11.4 Å². The highest BCUT2D eigenvalue weighted by Crippen LogP contribution is 2.57. The Hall–Kier alpha value is -1.18. The summed E-state index contributed by atoms with van der Waals surface area (Å²) >= 11 is 0. The molecule has 2 aliphatic rings. The van der Waals surface area contributed by atoms with Crippen molar-refractivity contribution in [2.75, 3.05) is 11.5 Å². The highest BCUT2D eigenvalue weighted by molar-refractivity contribution is 5.76. The van der Waals surface area contributed by atoms with Crippen LogP contribution in [-0.2, 0) is 0 Å². The first-order valence-electron chi connectivity index (χ1n) is 5.79. The zero-order valence-corrected chi connectivity index (χ0v) is 9.43. The average molecular weight is 202 g/mol.